The summed E-state index contributed by atoms with van der Waals surface area (Å²) in [5, 5.41) is 8.43. The Balaban J connectivity index is 2.68. The molecule has 0 aromatic carbocycles. The van der Waals surface area contributed by atoms with Gasteiger partial charge in [-0.1, -0.05) is 26.8 Å². The van der Waals surface area contributed by atoms with Crippen LogP contribution in [0.25, 0.3) is 5.65 Å². The van der Waals surface area contributed by atoms with E-state index < -0.39 is 0 Å². The number of pyridine rings is 1. The number of aromatic nitrogens is 3. The Bertz CT molecular complexity index is 487. The summed E-state index contributed by atoms with van der Waals surface area (Å²) in [4.78, 5) is 0. The Morgan fingerprint density at radius 2 is 2.00 bits per heavy atom. The Hall–Kier alpha value is -1.42. The fourth-order valence-corrected chi connectivity index (χ4v) is 1.87. The van der Waals surface area contributed by atoms with Gasteiger partial charge >= 0.3 is 0 Å². The zero-order valence-corrected chi connectivity index (χ0v) is 10.0. The van der Waals surface area contributed by atoms with Crippen LogP contribution in [0.4, 0.5) is 0 Å². The lowest BCUT2D eigenvalue weighted by molar-refractivity contribution is 0.691. The van der Waals surface area contributed by atoms with Gasteiger partial charge in [-0.25, -0.2) is 0 Å². The molecule has 0 aliphatic rings. The minimum Gasteiger partial charge on any atom is -0.330 e. The van der Waals surface area contributed by atoms with Crippen molar-refractivity contribution in [3.05, 3.63) is 29.7 Å². The van der Waals surface area contributed by atoms with Gasteiger partial charge in [-0.3, -0.25) is 4.40 Å². The van der Waals surface area contributed by atoms with Gasteiger partial charge in [0.05, 0.1) is 0 Å². The maximum Gasteiger partial charge on any atom is 0.161 e. The zero-order valence-electron chi connectivity index (χ0n) is 10.0. The van der Waals surface area contributed by atoms with Gasteiger partial charge in [0.1, 0.15) is 5.82 Å². The molecule has 16 heavy (non-hydrogen) atoms. The molecule has 0 radical (unpaired) electrons. The van der Waals surface area contributed by atoms with E-state index in [2.05, 4.69) is 41.4 Å². The molecule has 0 bridgehead atoms. The smallest absolute Gasteiger partial charge is 0.161 e. The quantitative estimate of drug-likeness (QED) is 0.856. The molecule has 0 aliphatic heterocycles. The molecule has 1 unspecified atom stereocenters. The van der Waals surface area contributed by atoms with E-state index in [4.69, 9.17) is 5.73 Å². The van der Waals surface area contributed by atoms with Gasteiger partial charge < -0.3 is 5.73 Å². The van der Waals surface area contributed by atoms with Crippen LogP contribution in [-0.2, 0) is 0 Å². The molecule has 4 nitrogen and oxygen atoms in total. The van der Waals surface area contributed by atoms with Crippen LogP contribution in [0.2, 0.25) is 0 Å². The number of nitrogens with two attached hydrogens (primary N) is 1. The summed E-state index contributed by atoms with van der Waals surface area (Å²) in [5.74, 6) is 1.68. The second-order valence-corrected chi connectivity index (χ2v) is 4.49. The minimum absolute atomic E-state index is 0.317. The van der Waals surface area contributed by atoms with Crippen molar-refractivity contribution in [2.45, 2.75) is 32.6 Å². The van der Waals surface area contributed by atoms with Crippen LogP contribution in [0.15, 0.2) is 18.2 Å². The SMILES string of the molecule is CC(C)c1nnc2cccc(C(C)CN)n12. The van der Waals surface area contributed by atoms with Crippen LogP contribution in [0.3, 0.4) is 0 Å². The van der Waals surface area contributed by atoms with E-state index in [0.29, 0.717) is 18.4 Å². The molecule has 1 atom stereocenters. The molecule has 0 amide bonds. The van der Waals surface area contributed by atoms with E-state index in [1.807, 2.05) is 12.1 Å². The Morgan fingerprint density at radius 1 is 1.25 bits per heavy atom. The fourth-order valence-electron chi connectivity index (χ4n) is 1.87. The molecular weight excluding hydrogens is 200 g/mol. The largest absolute Gasteiger partial charge is 0.330 e. The topological polar surface area (TPSA) is 56.2 Å². The summed E-state index contributed by atoms with van der Waals surface area (Å²) in [6.07, 6.45) is 0. The van der Waals surface area contributed by atoms with Crippen LogP contribution in [0.5, 0.6) is 0 Å². The molecule has 0 saturated carbocycles. The van der Waals surface area contributed by atoms with Crippen molar-refractivity contribution < 1.29 is 0 Å². The lowest BCUT2D eigenvalue weighted by atomic mass is 10.1. The van der Waals surface area contributed by atoms with Crippen molar-refractivity contribution in [1.29, 1.82) is 0 Å². The fraction of sp³-hybridized carbons (Fsp3) is 0.500. The second-order valence-electron chi connectivity index (χ2n) is 4.49. The third-order valence-electron chi connectivity index (χ3n) is 2.86. The molecule has 0 fully saturated rings. The van der Waals surface area contributed by atoms with Crippen molar-refractivity contribution in [2.24, 2.45) is 5.73 Å². The molecule has 2 rings (SSSR count). The zero-order chi connectivity index (χ0) is 11.7. The molecule has 0 spiro atoms. The first kappa shape index (κ1) is 11.1. The first-order chi connectivity index (χ1) is 7.65. The highest BCUT2D eigenvalue weighted by Crippen LogP contribution is 2.20. The van der Waals surface area contributed by atoms with Crippen LogP contribution < -0.4 is 5.73 Å². The lowest BCUT2D eigenvalue weighted by Gasteiger charge is -2.14. The summed E-state index contributed by atoms with van der Waals surface area (Å²) in [5.41, 5.74) is 7.83. The number of fused-ring (bicyclic) bond motifs is 1. The van der Waals surface area contributed by atoms with Gasteiger partial charge in [-0.05, 0) is 12.1 Å². The summed E-state index contributed by atoms with van der Waals surface area (Å²) >= 11 is 0. The lowest BCUT2D eigenvalue weighted by Crippen LogP contribution is -2.13. The third kappa shape index (κ3) is 1.69. The van der Waals surface area contributed by atoms with Crippen LogP contribution in [-0.4, -0.2) is 21.1 Å². The predicted octanol–water partition coefficient (Wildman–Crippen LogP) is 1.91. The molecule has 0 aliphatic carbocycles. The van der Waals surface area contributed by atoms with Crippen LogP contribution >= 0.6 is 0 Å². The predicted molar refractivity (Wildman–Crippen MR) is 64.5 cm³/mol. The number of hydrogen-bond acceptors (Lipinski definition) is 3. The van der Waals surface area contributed by atoms with Gasteiger partial charge in [-0.15, -0.1) is 10.2 Å². The Morgan fingerprint density at radius 3 is 2.62 bits per heavy atom. The first-order valence-corrected chi connectivity index (χ1v) is 5.69. The number of rotatable bonds is 3. The molecule has 2 aromatic rings. The number of nitrogens with zero attached hydrogens (tertiary/aromatic N) is 3. The molecule has 2 N–H and O–H groups in total. The minimum atomic E-state index is 0.317. The van der Waals surface area contributed by atoms with Gasteiger partial charge in [0, 0.05) is 24.1 Å². The average molecular weight is 218 g/mol. The Kier molecular flexibility index (Phi) is 2.92. The molecule has 86 valence electrons. The van der Waals surface area contributed by atoms with Crippen molar-refractivity contribution in [3.8, 4) is 0 Å². The highest BCUT2D eigenvalue weighted by molar-refractivity contribution is 5.41. The Labute approximate surface area is 95.5 Å². The monoisotopic (exact) mass is 218 g/mol. The van der Waals surface area contributed by atoms with E-state index in [0.717, 1.165) is 11.5 Å². The van der Waals surface area contributed by atoms with Crippen molar-refractivity contribution >= 4 is 5.65 Å². The maximum absolute atomic E-state index is 5.74. The summed E-state index contributed by atoms with van der Waals surface area (Å²) in [6, 6.07) is 6.08. The third-order valence-corrected chi connectivity index (χ3v) is 2.86. The first-order valence-electron chi connectivity index (χ1n) is 5.69. The maximum atomic E-state index is 5.74. The van der Waals surface area contributed by atoms with E-state index >= 15 is 0 Å². The molecule has 0 saturated heterocycles. The van der Waals surface area contributed by atoms with E-state index in [1.165, 1.54) is 5.69 Å². The normalized spacial score (nSPS) is 13.6. The standard InChI is InChI=1S/C12H18N4/c1-8(2)12-15-14-11-6-4-5-10(16(11)12)9(3)7-13/h4-6,8-9H,7,13H2,1-3H3. The molecule has 2 heterocycles. The van der Waals surface area contributed by atoms with Crippen molar-refractivity contribution in [3.63, 3.8) is 0 Å². The van der Waals surface area contributed by atoms with Crippen LogP contribution in [0, 0.1) is 0 Å². The highest BCUT2D eigenvalue weighted by Gasteiger charge is 2.14. The average Bonchev–Trinajstić information content (AvgIpc) is 2.71. The van der Waals surface area contributed by atoms with Gasteiger partial charge in [-0.2, -0.15) is 0 Å². The summed E-state index contributed by atoms with van der Waals surface area (Å²) in [6.45, 7) is 7.01. The second kappa shape index (κ2) is 4.22. The van der Waals surface area contributed by atoms with Crippen LogP contribution in [0.1, 0.15) is 44.1 Å². The van der Waals surface area contributed by atoms with E-state index in [1.54, 1.807) is 0 Å². The van der Waals surface area contributed by atoms with Crippen molar-refractivity contribution in [1.82, 2.24) is 14.6 Å². The molecule has 2 aromatic heterocycles. The van der Waals surface area contributed by atoms with E-state index in [-0.39, 0.29) is 0 Å². The van der Waals surface area contributed by atoms with Gasteiger partial charge in [0.15, 0.2) is 5.65 Å². The summed E-state index contributed by atoms with van der Waals surface area (Å²) in [7, 11) is 0. The highest BCUT2D eigenvalue weighted by atomic mass is 15.3. The van der Waals surface area contributed by atoms with Gasteiger partial charge in [0.2, 0.25) is 0 Å². The molecular formula is C12H18N4. The molecule has 4 heteroatoms. The van der Waals surface area contributed by atoms with Gasteiger partial charge in [0.25, 0.3) is 0 Å². The van der Waals surface area contributed by atoms with E-state index in [9.17, 15) is 0 Å². The van der Waals surface area contributed by atoms with Crippen molar-refractivity contribution in [2.75, 3.05) is 6.54 Å². The number of hydrogen-bond donors (Lipinski definition) is 1. The summed E-state index contributed by atoms with van der Waals surface area (Å²) < 4.78 is 2.13.